The zero-order chi connectivity index (χ0) is 14.7. The SMILES string of the molecule is COC(=O)/C(=C/c1ccc2c(c1)OCO2)Cn1ccnc1. The highest BCUT2D eigenvalue weighted by Crippen LogP contribution is 2.33. The predicted molar refractivity (Wildman–Crippen MR) is 74.8 cm³/mol. The van der Waals surface area contributed by atoms with Gasteiger partial charge in [0, 0.05) is 12.4 Å². The van der Waals surface area contributed by atoms with Gasteiger partial charge in [-0.25, -0.2) is 9.78 Å². The minimum absolute atomic E-state index is 0.224. The summed E-state index contributed by atoms with van der Waals surface area (Å²) in [6.07, 6.45) is 6.87. The van der Waals surface area contributed by atoms with Gasteiger partial charge < -0.3 is 18.8 Å². The van der Waals surface area contributed by atoms with Gasteiger partial charge in [-0.3, -0.25) is 0 Å². The smallest absolute Gasteiger partial charge is 0.335 e. The summed E-state index contributed by atoms with van der Waals surface area (Å²) in [6.45, 7) is 0.614. The third-order valence-electron chi connectivity index (χ3n) is 3.10. The van der Waals surface area contributed by atoms with Gasteiger partial charge in [-0.15, -0.1) is 0 Å². The minimum atomic E-state index is -0.374. The molecular formula is C15H14N2O4. The van der Waals surface area contributed by atoms with Crippen LogP contribution in [-0.2, 0) is 16.1 Å². The lowest BCUT2D eigenvalue weighted by Gasteiger charge is -2.07. The average molecular weight is 286 g/mol. The molecule has 0 saturated heterocycles. The summed E-state index contributed by atoms with van der Waals surface area (Å²) in [5, 5.41) is 0. The number of ether oxygens (including phenoxy) is 3. The molecule has 0 bridgehead atoms. The number of nitrogens with zero attached hydrogens (tertiary/aromatic N) is 2. The van der Waals surface area contributed by atoms with Crippen LogP contribution in [0.3, 0.4) is 0 Å². The van der Waals surface area contributed by atoms with E-state index in [-0.39, 0.29) is 12.8 Å². The van der Waals surface area contributed by atoms with Crippen LogP contribution in [0.25, 0.3) is 6.08 Å². The summed E-state index contributed by atoms with van der Waals surface area (Å²) < 4.78 is 17.2. The van der Waals surface area contributed by atoms with E-state index in [9.17, 15) is 4.79 Å². The molecule has 3 rings (SSSR count). The largest absolute Gasteiger partial charge is 0.466 e. The Morgan fingerprint density at radius 1 is 1.43 bits per heavy atom. The molecule has 1 aliphatic rings. The van der Waals surface area contributed by atoms with Crippen LogP contribution >= 0.6 is 0 Å². The maximum atomic E-state index is 11.9. The van der Waals surface area contributed by atoms with Crippen LogP contribution in [0.2, 0.25) is 0 Å². The van der Waals surface area contributed by atoms with Crippen molar-refractivity contribution in [2.75, 3.05) is 13.9 Å². The summed E-state index contributed by atoms with van der Waals surface area (Å²) in [5.41, 5.74) is 1.37. The summed E-state index contributed by atoms with van der Waals surface area (Å²) >= 11 is 0. The number of aromatic nitrogens is 2. The molecule has 0 saturated carbocycles. The van der Waals surface area contributed by atoms with Crippen LogP contribution in [0.15, 0.2) is 42.5 Å². The number of rotatable bonds is 4. The second kappa shape index (κ2) is 5.70. The fourth-order valence-electron chi connectivity index (χ4n) is 2.08. The Morgan fingerprint density at radius 3 is 3.05 bits per heavy atom. The molecule has 0 atom stereocenters. The Bertz CT molecular complexity index is 677. The predicted octanol–water partition coefficient (Wildman–Crippen LogP) is 1.87. The lowest BCUT2D eigenvalue weighted by Crippen LogP contribution is -2.10. The number of imidazole rings is 1. The Kier molecular flexibility index (Phi) is 3.59. The fraction of sp³-hybridized carbons (Fsp3) is 0.200. The highest BCUT2D eigenvalue weighted by molar-refractivity contribution is 5.93. The normalized spacial score (nSPS) is 13.3. The van der Waals surface area contributed by atoms with E-state index in [1.165, 1.54) is 7.11 Å². The molecule has 1 aromatic heterocycles. The van der Waals surface area contributed by atoms with Crippen molar-refractivity contribution in [1.29, 1.82) is 0 Å². The summed E-state index contributed by atoms with van der Waals surface area (Å²) in [5.74, 6) is 1.01. The quantitative estimate of drug-likeness (QED) is 0.634. The van der Waals surface area contributed by atoms with Gasteiger partial charge in [0.2, 0.25) is 6.79 Å². The standard InChI is InChI=1S/C15H14N2O4/c1-19-15(18)12(8-17-5-4-16-9-17)6-11-2-3-13-14(7-11)21-10-20-13/h2-7,9H,8,10H2,1H3/b12-6+. The van der Waals surface area contributed by atoms with Crippen molar-refractivity contribution in [3.8, 4) is 11.5 Å². The molecular weight excluding hydrogens is 272 g/mol. The van der Waals surface area contributed by atoms with Crippen molar-refractivity contribution in [2.24, 2.45) is 0 Å². The highest BCUT2D eigenvalue weighted by atomic mass is 16.7. The zero-order valence-electron chi connectivity index (χ0n) is 11.5. The molecule has 21 heavy (non-hydrogen) atoms. The van der Waals surface area contributed by atoms with E-state index in [1.807, 2.05) is 18.2 Å². The van der Waals surface area contributed by atoms with Crippen molar-refractivity contribution in [3.05, 3.63) is 48.1 Å². The number of benzene rings is 1. The third-order valence-corrected chi connectivity index (χ3v) is 3.10. The third kappa shape index (κ3) is 2.89. The number of hydrogen-bond donors (Lipinski definition) is 0. The Labute approximate surface area is 121 Å². The summed E-state index contributed by atoms with van der Waals surface area (Å²) in [4.78, 5) is 15.9. The number of carbonyl (C=O) groups excluding carboxylic acids is 1. The molecule has 0 aliphatic carbocycles. The summed E-state index contributed by atoms with van der Waals surface area (Å²) in [7, 11) is 1.36. The molecule has 0 fully saturated rings. The van der Waals surface area contributed by atoms with Gasteiger partial charge >= 0.3 is 5.97 Å². The first-order valence-corrected chi connectivity index (χ1v) is 6.40. The van der Waals surface area contributed by atoms with Crippen molar-refractivity contribution < 1.29 is 19.0 Å². The van der Waals surface area contributed by atoms with Gasteiger partial charge in [0.1, 0.15) is 0 Å². The van der Waals surface area contributed by atoms with Gasteiger partial charge in [-0.2, -0.15) is 0 Å². The van der Waals surface area contributed by atoms with E-state index in [2.05, 4.69) is 4.98 Å². The van der Waals surface area contributed by atoms with Crippen LogP contribution in [0.4, 0.5) is 0 Å². The second-order valence-electron chi connectivity index (χ2n) is 4.51. The van der Waals surface area contributed by atoms with E-state index in [0.717, 1.165) is 5.56 Å². The number of methoxy groups -OCH3 is 1. The summed E-state index contributed by atoms with van der Waals surface area (Å²) in [6, 6.07) is 5.52. The minimum Gasteiger partial charge on any atom is -0.466 e. The second-order valence-corrected chi connectivity index (χ2v) is 4.51. The van der Waals surface area contributed by atoms with Crippen LogP contribution in [0.5, 0.6) is 11.5 Å². The average Bonchev–Trinajstić information content (AvgIpc) is 3.16. The molecule has 0 radical (unpaired) electrons. The van der Waals surface area contributed by atoms with E-state index in [0.29, 0.717) is 23.6 Å². The van der Waals surface area contributed by atoms with Gasteiger partial charge in [-0.05, 0) is 23.8 Å². The number of hydrogen-bond acceptors (Lipinski definition) is 5. The Hall–Kier alpha value is -2.76. The van der Waals surface area contributed by atoms with Crippen molar-refractivity contribution >= 4 is 12.0 Å². The first-order chi connectivity index (χ1) is 10.3. The van der Waals surface area contributed by atoms with E-state index in [4.69, 9.17) is 14.2 Å². The molecule has 0 N–H and O–H groups in total. The Morgan fingerprint density at radius 2 is 2.29 bits per heavy atom. The lowest BCUT2D eigenvalue weighted by atomic mass is 10.1. The van der Waals surface area contributed by atoms with E-state index < -0.39 is 0 Å². The zero-order valence-corrected chi connectivity index (χ0v) is 11.5. The van der Waals surface area contributed by atoms with Crippen LogP contribution in [0, 0.1) is 0 Å². The molecule has 108 valence electrons. The maximum Gasteiger partial charge on any atom is 0.335 e. The topological polar surface area (TPSA) is 62.6 Å². The molecule has 2 heterocycles. The fourth-order valence-corrected chi connectivity index (χ4v) is 2.08. The van der Waals surface area contributed by atoms with E-state index >= 15 is 0 Å². The molecule has 0 amide bonds. The number of esters is 1. The van der Waals surface area contributed by atoms with Crippen molar-refractivity contribution in [3.63, 3.8) is 0 Å². The number of carbonyl (C=O) groups is 1. The first-order valence-electron chi connectivity index (χ1n) is 6.40. The first kappa shape index (κ1) is 13.2. The van der Waals surface area contributed by atoms with Crippen molar-refractivity contribution in [2.45, 2.75) is 6.54 Å². The monoisotopic (exact) mass is 286 g/mol. The Balaban J connectivity index is 1.89. The molecule has 2 aromatic rings. The van der Waals surface area contributed by atoms with Crippen LogP contribution in [0.1, 0.15) is 5.56 Å². The van der Waals surface area contributed by atoms with E-state index in [1.54, 1.807) is 29.4 Å². The lowest BCUT2D eigenvalue weighted by molar-refractivity contribution is -0.136. The maximum absolute atomic E-state index is 11.9. The molecule has 6 heteroatoms. The van der Waals surface area contributed by atoms with Crippen LogP contribution in [-0.4, -0.2) is 29.4 Å². The molecule has 6 nitrogen and oxygen atoms in total. The molecule has 0 unspecified atom stereocenters. The number of fused-ring (bicyclic) bond motifs is 1. The molecule has 1 aliphatic heterocycles. The van der Waals surface area contributed by atoms with Gasteiger partial charge in [0.25, 0.3) is 0 Å². The highest BCUT2D eigenvalue weighted by Gasteiger charge is 2.15. The van der Waals surface area contributed by atoms with Gasteiger partial charge in [-0.1, -0.05) is 6.07 Å². The van der Waals surface area contributed by atoms with Gasteiger partial charge in [0.15, 0.2) is 11.5 Å². The van der Waals surface area contributed by atoms with Crippen molar-refractivity contribution in [1.82, 2.24) is 9.55 Å². The van der Waals surface area contributed by atoms with Crippen LogP contribution < -0.4 is 9.47 Å². The molecule has 1 aromatic carbocycles. The molecule has 0 spiro atoms. The van der Waals surface area contributed by atoms with Gasteiger partial charge in [0.05, 0.1) is 25.6 Å².